The Morgan fingerprint density at radius 3 is 0.640 bits per heavy atom. The van der Waals surface area contributed by atoms with E-state index in [4.69, 9.17) is 15.3 Å². The summed E-state index contributed by atoms with van der Waals surface area (Å²) in [5.74, 6) is -0.410. The molecule has 1 radical (unpaired) electrons. The van der Waals surface area contributed by atoms with Crippen molar-refractivity contribution in [3.63, 3.8) is 0 Å². The minimum atomic E-state index is -0.162. The van der Waals surface area contributed by atoms with Gasteiger partial charge in [-0.15, -0.1) is 0 Å². The van der Waals surface area contributed by atoms with Gasteiger partial charge in [0, 0.05) is 16.8 Å². The Labute approximate surface area is 183 Å². The number of carbonyl (C=O) groups excluding carboxylic acids is 3. The maximum Gasteiger partial charge on any atom is 0.170 e. The van der Waals surface area contributed by atoms with Gasteiger partial charge in [0.1, 0.15) is 17.3 Å². The summed E-state index contributed by atoms with van der Waals surface area (Å²) < 4.78 is 0.743. The van der Waals surface area contributed by atoms with Crippen LogP contribution in [0.4, 0.5) is 0 Å². The quantitative estimate of drug-likeness (QED) is 0.303. The molecule has 0 aromatic heterocycles. The first-order chi connectivity index (χ1) is 10.7. The monoisotopic (exact) mass is 593 g/mol. The van der Waals surface area contributed by atoms with E-state index in [-0.39, 0.29) is 64.9 Å². The zero-order chi connectivity index (χ0) is 20.2. The van der Waals surface area contributed by atoms with Gasteiger partial charge in [-0.3, -0.25) is 14.4 Å². The second-order valence-electron chi connectivity index (χ2n) is 4.37. The molecular weight excluding hydrogens is 575 g/mol. The third kappa shape index (κ3) is 19.7. The first-order valence-corrected chi connectivity index (χ1v) is 8.73. The fourth-order valence-corrected chi connectivity index (χ4v) is 0.764. The van der Waals surface area contributed by atoms with E-state index < -0.39 is 0 Å². The molecule has 0 aliphatic rings. The number of hydrogen-bond acceptors (Lipinski definition) is 6. The summed E-state index contributed by atoms with van der Waals surface area (Å²) in [5.41, 5.74) is 0. The first kappa shape index (κ1) is 32.3. The number of ketones is 3. The van der Waals surface area contributed by atoms with Crippen LogP contribution in [0, 0.1) is 0 Å². The van der Waals surface area contributed by atoms with Crippen LogP contribution in [0.3, 0.4) is 0 Å². The summed E-state index contributed by atoms with van der Waals surface area (Å²) in [4.78, 5) is 31.0. The van der Waals surface area contributed by atoms with Crippen LogP contribution in [0.1, 0.15) is 41.5 Å². The van der Waals surface area contributed by atoms with E-state index in [1.807, 2.05) is 0 Å². The molecule has 0 saturated carbocycles. The van der Waals surface area contributed by atoms with Crippen LogP contribution in [0.25, 0.3) is 0 Å². The van der Waals surface area contributed by atoms with E-state index in [2.05, 4.69) is 47.8 Å². The number of aliphatic hydroxyl groups excluding tert-OH is 3. The molecule has 6 nitrogen and oxygen atoms in total. The molecule has 25 heavy (non-hydrogen) atoms. The summed E-state index contributed by atoms with van der Waals surface area (Å²) >= 11 is 8.66. The first-order valence-electron chi connectivity index (χ1n) is 6.35. The maximum absolute atomic E-state index is 10.3. The molecule has 0 fully saturated rings. The Kier molecular flexibility index (Phi) is 22.0. The number of halogens is 3. The van der Waals surface area contributed by atoms with Crippen molar-refractivity contribution in [2.45, 2.75) is 41.5 Å². The number of Topliss-reactive ketones (excluding diaryl/α,β-unsaturated/α-hetero) is 3. The van der Waals surface area contributed by atoms with Gasteiger partial charge in [-0.25, -0.2) is 0 Å². The van der Waals surface area contributed by atoms with Crippen molar-refractivity contribution in [3.8, 4) is 0 Å². The number of carbonyl (C=O) groups is 3. The molecule has 147 valence electrons. The average molecular weight is 596 g/mol. The SMILES string of the molecule is CC(=O)/C(Br)=C(/C)O.CC(=O)/C(Br)=C(/C)O.CC(=O)/C(Br)=C(/C)O.[Co]. The van der Waals surface area contributed by atoms with Crippen molar-refractivity contribution in [2.75, 3.05) is 0 Å². The largest absolute Gasteiger partial charge is 0.511 e. The topological polar surface area (TPSA) is 112 Å². The smallest absolute Gasteiger partial charge is 0.170 e. The second-order valence-corrected chi connectivity index (χ2v) is 6.75. The molecule has 0 heterocycles. The van der Waals surface area contributed by atoms with Gasteiger partial charge in [0.2, 0.25) is 0 Å². The Balaban J connectivity index is -0.000000130. The second kappa shape index (κ2) is 17.0. The van der Waals surface area contributed by atoms with Crippen LogP contribution < -0.4 is 0 Å². The van der Waals surface area contributed by atoms with Crippen LogP contribution in [0.5, 0.6) is 0 Å². The number of allylic oxidation sites excluding steroid dienone is 6. The fourth-order valence-electron chi connectivity index (χ4n) is 0.764. The third-order valence-electron chi connectivity index (χ3n) is 1.88. The normalized spacial score (nSPS) is 12.4. The van der Waals surface area contributed by atoms with Gasteiger partial charge >= 0.3 is 0 Å². The molecule has 0 amide bonds. The number of aliphatic hydroxyl groups is 3. The van der Waals surface area contributed by atoms with Crippen molar-refractivity contribution in [2.24, 2.45) is 0 Å². The van der Waals surface area contributed by atoms with Crippen LogP contribution >= 0.6 is 47.8 Å². The van der Waals surface area contributed by atoms with Crippen molar-refractivity contribution in [1.29, 1.82) is 0 Å². The standard InChI is InChI=1S/3C5H7BrO2.Co/c3*1-3(7)5(6)4(2)8;/h3*7H,1-2H3;/b3*5-3+;. The van der Waals surface area contributed by atoms with Crippen LogP contribution in [-0.4, -0.2) is 32.7 Å². The molecule has 0 aliphatic heterocycles. The molecule has 0 aromatic carbocycles. The fraction of sp³-hybridized carbons (Fsp3) is 0.400. The summed E-state index contributed by atoms with van der Waals surface area (Å²) in [7, 11) is 0. The van der Waals surface area contributed by atoms with Gasteiger partial charge in [0.05, 0.1) is 13.4 Å². The third-order valence-corrected chi connectivity index (χ3v) is 5.28. The summed E-state index contributed by atoms with van der Waals surface area (Å²) in [6, 6.07) is 0. The summed E-state index contributed by atoms with van der Waals surface area (Å²) in [6.45, 7) is 8.49. The number of rotatable bonds is 3. The molecule has 0 rings (SSSR count). The zero-order valence-corrected chi connectivity index (χ0v) is 20.3. The Bertz CT molecular complexity index is 487. The van der Waals surface area contributed by atoms with Crippen molar-refractivity contribution >= 4 is 65.1 Å². The molecule has 3 N–H and O–H groups in total. The van der Waals surface area contributed by atoms with Gasteiger partial charge in [0.25, 0.3) is 0 Å². The summed E-state index contributed by atoms with van der Waals surface area (Å²) in [6.07, 6.45) is 0. The molecular formula is C15H21Br3CoO6. The van der Waals surface area contributed by atoms with Crippen LogP contribution in [0.15, 0.2) is 30.7 Å². The van der Waals surface area contributed by atoms with E-state index in [1.165, 1.54) is 41.5 Å². The molecule has 0 bridgehead atoms. The molecule has 0 spiro atoms. The molecule has 10 heteroatoms. The van der Waals surface area contributed by atoms with E-state index in [1.54, 1.807) is 0 Å². The van der Waals surface area contributed by atoms with E-state index in [0.717, 1.165) is 0 Å². The Hall–Kier alpha value is -0.424. The molecule has 0 saturated heterocycles. The molecule has 0 aliphatic carbocycles. The van der Waals surface area contributed by atoms with Gasteiger partial charge in [-0.05, 0) is 89.3 Å². The molecule has 0 atom stereocenters. The maximum atomic E-state index is 10.3. The average Bonchev–Trinajstić information content (AvgIpc) is 2.45. The Morgan fingerprint density at radius 1 is 0.520 bits per heavy atom. The van der Waals surface area contributed by atoms with Gasteiger partial charge in [-0.2, -0.15) is 0 Å². The van der Waals surface area contributed by atoms with E-state index in [0.29, 0.717) is 0 Å². The minimum Gasteiger partial charge on any atom is -0.511 e. The van der Waals surface area contributed by atoms with Crippen molar-refractivity contribution < 1.29 is 46.5 Å². The Morgan fingerprint density at radius 2 is 0.640 bits per heavy atom. The predicted octanol–water partition coefficient (Wildman–Crippen LogP) is 5.28. The zero-order valence-electron chi connectivity index (χ0n) is 14.5. The predicted molar refractivity (Wildman–Crippen MR) is 105 cm³/mol. The van der Waals surface area contributed by atoms with Gasteiger partial charge < -0.3 is 15.3 Å². The molecule has 0 aromatic rings. The number of hydrogen-bond donors (Lipinski definition) is 3. The molecule has 0 unspecified atom stereocenters. The van der Waals surface area contributed by atoms with E-state index >= 15 is 0 Å². The van der Waals surface area contributed by atoms with Crippen molar-refractivity contribution in [1.82, 2.24) is 0 Å². The van der Waals surface area contributed by atoms with Crippen molar-refractivity contribution in [3.05, 3.63) is 30.7 Å². The summed E-state index contributed by atoms with van der Waals surface area (Å²) in [5, 5.41) is 25.8. The van der Waals surface area contributed by atoms with Crippen LogP contribution in [-0.2, 0) is 31.2 Å². The van der Waals surface area contributed by atoms with Crippen LogP contribution in [0.2, 0.25) is 0 Å². The van der Waals surface area contributed by atoms with Gasteiger partial charge in [0.15, 0.2) is 17.3 Å². The van der Waals surface area contributed by atoms with E-state index in [9.17, 15) is 14.4 Å². The minimum absolute atomic E-state index is 0. The van der Waals surface area contributed by atoms with Gasteiger partial charge in [-0.1, -0.05) is 0 Å².